The Kier molecular flexibility index (Phi) is 6.91. The van der Waals surface area contributed by atoms with Crippen molar-refractivity contribution >= 4 is 17.6 Å². The summed E-state index contributed by atoms with van der Waals surface area (Å²) in [4.78, 5) is 31.4. The third kappa shape index (κ3) is 5.02. The first-order chi connectivity index (χ1) is 13.5. The number of hydrogen-bond donors (Lipinski definition) is 1. The van der Waals surface area contributed by atoms with Gasteiger partial charge in [0.2, 0.25) is 5.91 Å². The molecule has 2 aliphatic heterocycles. The zero-order chi connectivity index (χ0) is 20.1. The molecular formula is C21H32N4O3. The lowest BCUT2D eigenvalue weighted by molar-refractivity contribution is -0.132. The number of hydrogen-bond acceptors (Lipinski definition) is 4. The predicted molar refractivity (Wildman–Crippen MR) is 110 cm³/mol. The molecule has 1 atom stereocenters. The van der Waals surface area contributed by atoms with Crippen LogP contribution in [-0.4, -0.2) is 85.7 Å². The molecule has 7 heteroatoms. The first-order valence-corrected chi connectivity index (χ1v) is 10.1. The first-order valence-electron chi connectivity index (χ1n) is 10.1. The molecule has 1 unspecified atom stereocenters. The maximum atomic E-state index is 12.7. The van der Waals surface area contributed by atoms with Crippen molar-refractivity contribution < 1.29 is 14.3 Å². The van der Waals surface area contributed by atoms with Gasteiger partial charge in [-0.2, -0.15) is 0 Å². The molecule has 0 saturated carbocycles. The van der Waals surface area contributed by atoms with Crippen molar-refractivity contribution in [1.82, 2.24) is 14.7 Å². The van der Waals surface area contributed by atoms with E-state index in [9.17, 15) is 9.59 Å². The fourth-order valence-electron chi connectivity index (χ4n) is 4.19. The summed E-state index contributed by atoms with van der Waals surface area (Å²) in [6, 6.07) is 5.95. The second kappa shape index (κ2) is 9.39. The van der Waals surface area contributed by atoms with Gasteiger partial charge >= 0.3 is 6.03 Å². The normalized spacial score (nSPS) is 21.1. The minimum absolute atomic E-state index is 0.0562. The monoisotopic (exact) mass is 388 g/mol. The predicted octanol–water partition coefficient (Wildman–Crippen LogP) is 2.09. The van der Waals surface area contributed by atoms with Crippen molar-refractivity contribution in [2.45, 2.75) is 32.7 Å². The number of rotatable bonds is 5. The Bertz CT molecular complexity index is 689. The van der Waals surface area contributed by atoms with E-state index in [1.54, 1.807) is 7.11 Å². The van der Waals surface area contributed by atoms with Gasteiger partial charge in [-0.1, -0.05) is 6.07 Å². The SMILES string of the molecule is COCCN1CCC(N2CCCN(C(=O)Nc3cc(C)cc(C)c3)CC2)C1=O. The summed E-state index contributed by atoms with van der Waals surface area (Å²) in [7, 11) is 1.66. The highest BCUT2D eigenvalue weighted by Crippen LogP contribution is 2.20. The van der Waals surface area contributed by atoms with Gasteiger partial charge in [-0.25, -0.2) is 4.79 Å². The number of nitrogens with one attached hydrogen (secondary N) is 1. The summed E-state index contributed by atoms with van der Waals surface area (Å²) in [5.74, 6) is 0.199. The van der Waals surface area contributed by atoms with Crippen LogP contribution in [-0.2, 0) is 9.53 Å². The number of likely N-dealkylation sites (tertiary alicyclic amines) is 1. The Morgan fingerprint density at radius 3 is 2.57 bits per heavy atom. The zero-order valence-corrected chi connectivity index (χ0v) is 17.2. The number of ether oxygens (including phenoxy) is 1. The number of carbonyl (C=O) groups is 2. The second-order valence-corrected chi connectivity index (χ2v) is 7.81. The largest absolute Gasteiger partial charge is 0.383 e. The molecule has 0 aliphatic carbocycles. The summed E-state index contributed by atoms with van der Waals surface area (Å²) in [5.41, 5.74) is 3.11. The van der Waals surface area contributed by atoms with Gasteiger partial charge in [0.05, 0.1) is 12.6 Å². The van der Waals surface area contributed by atoms with E-state index in [-0.39, 0.29) is 18.0 Å². The van der Waals surface area contributed by atoms with Gasteiger partial charge in [-0.05, 0) is 49.9 Å². The van der Waals surface area contributed by atoms with Crippen molar-refractivity contribution in [3.63, 3.8) is 0 Å². The fourth-order valence-corrected chi connectivity index (χ4v) is 4.19. The topological polar surface area (TPSA) is 65.1 Å². The molecule has 0 radical (unpaired) electrons. The van der Waals surface area contributed by atoms with E-state index < -0.39 is 0 Å². The molecule has 154 valence electrons. The first kappa shape index (κ1) is 20.6. The molecule has 0 spiro atoms. The van der Waals surface area contributed by atoms with Crippen LogP contribution in [0.4, 0.5) is 10.5 Å². The van der Waals surface area contributed by atoms with Crippen LogP contribution in [0.1, 0.15) is 24.0 Å². The number of anilines is 1. The maximum absolute atomic E-state index is 12.7. The molecular weight excluding hydrogens is 356 g/mol. The molecule has 0 bridgehead atoms. The number of carbonyl (C=O) groups excluding carboxylic acids is 2. The van der Waals surface area contributed by atoms with E-state index in [0.717, 1.165) is 49.3 Å². The van der Waals surface area contributed by atoms with Crippen LogP contribution in [0.3, 0.4) is 0 Å². The van der Waals surface area contributed by atoms with Gasteiger partial charge in [-0.15, -0.1) is 0 Å². The lowest BCUT2D eigenvalue weighted by Gasteiger charge is -2.26. The van der Waals surface area contributed by atoms with Crippen molar-refractivity contribution in [1.29, 1.82) is 0 Å². The quantitative estimate of drug-likeness (QED) is 0.839. The van der Waals surface area contributed by atoms with Crippen LogP contribution in [0.15, 0.2) is 18.2 Å². The Hall–Kier alpha value is -2.12. The number of methoxy groups -OCH3 is 1. The third-order valence-electron chi connectivity index (χ3n) is 5.57. The van der Waals surface area contributed by atoms with Gasteiger partial charge < -0.3 is 19.9 Å². The zero-order valence-electron chi connectivity index (χ0n) is 17.2. The van der Waals surface area contributed by atoms with E-state index in [0.29, 0.717) is 26.2 Å². The van der Waals surface area contributed by atoms with E-state index in [4.69, 9.17) is 4.74 Å². The highest BCUT2D eigenvalue weighted by Gasteiger charge is 2.36. The fraction of sp³-hybridized carbons (Fsp3) is 0.619. The van der Waals surface area contributed by atoms with Crippen LogP contribution in [0.2, 0.25) is 0 Å². The Balaban J connectivity index is 1.54. The standard InChI is InChI=1S/C21H32N4O3/c1-16-13-17(2)15-18(14-16)22-21(27)25-7-4-6-23(9-10-25)19-5-8-24(20(19)26)11-12-28-3/h13-15,19H,4-12H2,1-3H3,(H,22,27). The Morgan fingerprint density at radius 1 is 1.11 bits per heavy atom. The average molecular weight is 389 g/mol. The molecule has 3 amide bonds. The van der Waals surface area contributed by atoms with Crippen molar-refractivity contribution in [3.8, 4) is 0 Å². The van der Waals surface area contributed by atoms with Crippen LogP contribution in [0.5, 0.6) is 0 Å². The van der Waals surface area contributed by atoms with E-state index in [1.807, 2.05) is 35.8 Å². The second-order valence-electron chi connectivity index (χ2n) is 7.81. The molecule has 1 aromatic rings. The number of urea groups is 1. The minimum atomic E-state index is -0.0636. The lowest BCUT2D eigenvalue weighted by Crippen LogP contribution is -2.44. The van der Waals surface area contributed by atoms with Gasteiger partial charge in [0.25, 0.3) is 0 Å². The summed E-state index contributed by atoms with van der Waals surface area (Å²) < 4.78 is 5.10. The Labute approximate surface area is 167 Å². The van der Waals surface area contributed by atoms with Crippen molar-refractivity contribution in [2.75, 3.05) is 58.3 Å². The Morgan fingerprint density at radius 2 is 1.86 bits per heavy atom. The lowest BCUT2D eigenvalue weighted by atomic mass is 10.1. The summed E-state index contributed by atoms with van der Waals surface area (Å²) in [6.07, 6.45) is 1.74. The van der Waals surface area contributed by atoms with Gasteiger partial charge in [0, 0.05) is 52.1 Å². The van der Waals surface area contributed by atoms with Crippen molar-refractivity contribution in [3.05, 3.63) is 29.3 Å². The summed E-state index contributed by atoms with van der Waals surface area (Å²) in [5, 5.41) is 3.02. The average Bonchev–Trinajstić information content (AvgIpc) is 2.85. The molecule has 7 nitrogen and oxygen atoms in total. The smallest absolute Gasteiger partial charge is 0.321 e. The molecule has 0 aromatic heterocycles. The number of nitrogens with zero attached hydrogens (tertiary/aromatic N) is 3. The van der Waals surface area contributed by atoms with Crippen LogP contribution < -0.4 is 5.32 Å². The molecule has 1 aromatic carbocycles. The highest BCUT2D eigenvalue weighted by molar-refractivity contribution is 5.89. The van der Waals surface area contributed by atoms with Crippen LogP contribution in [0.25, 0.3) is 0 Å². The minimum Gasteiger partial charge on any atom is -0.383 e. The number of aryl methyl sites for hydroxylation is 2. The van der Waals surface area contributed by atoms with Crippen molar-refractivity contribution in [2.24, 2.45) is 0 Å². The van der Waals surface area contributed by atoms with Crippen LogP contribution in [0, 0.1) is 13.8 Å². The number of amides is 3. The molecule has 1 N–H and O–H groups in total. The maximum Gasteiger partial charge on any atom is 0.321 e. The molecule has 3 rings (SSSR count). The van der Waals surface area contributed by atoms with E-state index >= 15 is 0 Å². The molecule has 2 fully saturated rings. The van der Waals surface area contributed by atoms with Gasteiger partial charge in [0.15, 0.2) is 0 Å². The van der Waals surface area contributed by atoms with Gasteiger partial charge in [-0.3, -0.25) is 9.69 Å². The molecule has 2 saturated heterocycles. The highest BCUT2D eigenvalue weighted by atomic mass is 16.5. The van der Waals surface area contributed by atoms with E-state index in [2.05, 4.69) is 16.3 Å². The van der Waals surface area contributed by atoms with E-state index in [1.165, 1.54) is 0 Å². The summed E-state index contributed by atoms with van der Waals surface area (Å²) >= 11 is 0. The third-order valence-corrected chi connectivity index (χ3v) is 5.57. The molecule has 2 heterocycles. The van der Waals surface area contributed by atoms with Gasteiger partial charge in [0.1, 0.15) is 0 Å². The molecule has 28 heavy (non-hydrogen) atoms. The summed E-state index contributed by atoms with van der Waals surface area (Å²) in [6.45, 7) is 9.01. The van der Waals surface area contributed by atoms with Crippen LogP contribution >= 0.6 is 0 Å². The number of benzene rings is 1. The molecule has 2 aliphatic rings.